The molecule has 1 aliphatic heterocycles. The number of carbonyl (C=O) groups is 2. The molecule has 1 amide bonds. The highest BCUT2D eigenvalue weighted by molar-refractivity contribution is 5.95. The Balaban J connectivity index is 1.67. The van der Waals surface area contributed by atoms with Gasteiger partial charge in [0.25, 0.3) is 5.91 Å². The maximum absolute atomic E-state index is 12.8. The summed E-state index contributed by atoms with van der Waals surface area (Å²) in [7, 11) is 0. The van der Waals surface area contributed by atoms with Crippen molar-refractivity contribution in [1.29, 1.82) is 0 Å². The minimum Gasteiger partial charge on any atom is -0.478 e. The van der Waals surface area contributed by atoms with Crippen LogP contribution in [-0.4, -0.2) is 57.9 Å². The first kappa shape index (κ1) is 18.1. The Kier molecular flexibility index (Phi) is 5.63. The fourth-order valence-electron chi connectivity index (χ4n) is 3.32. The summed E-state index contributed by atoms with van der Waals surface area (Å²) in [6.07, 6.45) is 2.55. The van der Waals surface area contributed by atoms with Crippen LogP contribution in [0, 0.1) is 6.92 Å². The maximum Gasteiger partial charge on any atom is 0.336 e. The number of rotatable bonds is 4. The summed E-state index contributed by atoms with van der Waals surface area (Å²) in [5.41, 5.74) is 2.55. The highest BCUT2D eigenvalue weighted by atomic mass is 16.4. The first-order chi connectivity index (χ1) is 12.6. The fourth-order valence-corrected chi connectivity index (χ4v) is 3.32. The summed E-state index contributed by atoms with van der Waals surface area (Å²) < 4.78 is 0. The van der Waals surface area contributed by atoms with Gasteiger partial charge in [0.1, 0.15) is 0 Å². The Bertz CT molecular complexity index is 806. The summed E-state index contributed by atoms with van der Waals surface area (Å²) in [5, 5.41) is 9.34. The number of benzene rings is 1. The molecule has 0 unspecified atom stereocenters. The SMILES string of the molecule is Cc1ncccc1C(=O)N1CCCN(Cc2ccccc2C(=O)O)CC1. The van der Waals surface area contributed by atoms with E-state index in [4.69, 9.17) is 0 Å². The molecule has 0 saturated carbocycles. The quantitative estimate of drug-likeness (QED) is 0.914. The van der Waals surface area contributed by atoms with Crippen LogP contribution in [0.15, 0.2) is 42.6 Å². The lowest BCUT2D eigenvalue weighted by atomic mass is 10.1. The number of aromatic nitrogens is 1. The minimum atomic E-state index is -0.903. The second-order valence-electron chi connectivity index (χ2n) is 6.52. The molecule has 26 heavy (non-hydrogen) atoms. The van der Waals surface area contributed by atoms with Crippen LogP contribution in [-0.2, 0) is 6.54 Å². The first-order valence-corrected chi connectivity index (χ1v) is 8.80. The normalized spacial score (nSPS) is 15.5. The molecule has 0 atom stereocenters. The Morgan fingerprint density at radius 2 is 1.81 bits per heavy atom. The minimum absolute atomic E-state index is 0.0170. The number of hydrogen-bond acceptors (Lipinski definition) is 4. The van der Waals surface area contributed by atoms with Gasteiger partial charge in [-0.05, 0) is 37.1 Å². The van der Waals surface area contributed by atoms with Crippen molar-refractivity contribution in [1.82, 2.24) is 14.8 Å². The Hall–Kier alpha value is -2.73. The summed E-state index contributed by atoms with van der Waals surface area (Å²) in [6.45, 7) is 5.31. The van der Waals surface area contributed by atoms with Crippen LogP contribution in [0.4, 0.5) is 0 Å². The largest absolute Gasteiger partial charge is 0.478 e. The van der Waals surface area contributed by atoms with E-state index in [0.717, 1.165) is 30.8 Å². The second-order valence-corrected chi connectivity index (χ2v) is 6.52. The van der Waals surface area contributed by atoms with Crippen molar-refractivity contribution in [2.75, 3.05) is 26.2 Å². The van der Waals surface area contributed by atoms with E-state index in [9.17, 15) is 14.7 Å². The number of nitrogens with zero attached hydrogens (tertiary/aromatic N) is 3. The van der Waals surface area contributed by atoms with Crippen molar-refractivity contribution in [2.24, 2.45) is 0 Å². The van der Waals surface area contributed by atoms with Crippen molar-refractivity contribution in [3.63, 3.8) is 0 Å². The van der Waals surface area contributed by atoms with E-state index < -0.39 is 5.97 Å². The van der Waals surface area contributed by atoms with Crippen LogP contribution in [0.2, 0.25) is 0 Å². The van der Waals surface area contributed by atoms with Crippen molar-refractivity contribution in [3.8, 4) is 0 Å². The van der Waals surface area contributed by atoms with Crippen molar-refractivity contribution < 1.29 is 14.7 Å². The number of carboxylic acids is 1. The molecule has 0 aliphatic carbocycles. The van der Waals surface area contributed by atoms with Crippen molar-refractivity contribution in [3.05, 3.63) is 65.0 Å². The predicted molar refractivity (Wildman–Crippen MR) is 98.2 cm³/mol. The standard InChI is InChI=1S/C20H23N3O3/c1-15-17(8-4-9-21-15)19(24)23-11-5-10-22(12-13-23)14-16-6-2-3-7-18(16)20(25)26/h2-4,6-9H,5,10-14H2,1H3,(H,25,26). The van der Waals surface area contributed by atoms with E-state index in [2.05, 4.69) is 9.88 Å². The molecule has 0 spiro atoms. The lowest BCUT2D eigenvalue weighted by molar-refractivity contribution is 0.0694. The Morgan fingerprint density at radius 3 is 2.58 bits per heavy atom. The number of carbonyl (C=O) groups excluding carboxylic acids is 1. The molecule has 1 aromatic carbocycles. The lowest BCUT2D eigenvalue weighted by Gasteiger charge is -2.23. The molecule has 1 fully saturated rings. The van der Waals surface area contributed by atoms with E-state index in [1.54, 1.807) is 24.4 Å². The molecule has 1 aromatic heterocycles. The van der Waals surface area contributed by atoms with Crippen LogP contribution in [0.5, 0.6) is 0 Å². The number of amides is 1. The van der Waals surface area contributed by atoms with Gasteiger partial charge in [0.05, 0.1) is 11.1 Å². The first-order valence-electron chi connectivity index (χ1n) is 8.80. The smallest absolute Gasteiger partial charge is 0.336 e. The van der Waals surface area contributed by atoms with Gasteiger partial charge in [-0.2, -0.15) is 0 Å². The molecular formula is C20H23N3O3. The molecule has 136 valence electrons. The number of hydrogen-bond donors (Lipinski definition) is 1. The molecule has 1 N–H and O–H groups in total. The number of aromatic carboxylic acids is 1. The number of pyridine rings is 1. The summed E-state index contributed by atoms with van der Waals surface area (Å²) in [6, 6.07) is 10.7. The molecule has 1 aliphatic rings. The van der Waals surface area contributed by atoms with Gasteiger partial charge in [0, 0.05) is 44.6 Å². The van der Waals surface area contributed by atoms with Crippen molar-refractivity contribution >= 4 is 11.9 Å². The average Bonchev–Trinajstić information content (AvgIpc) is 2.87. The third-order valence-corrected chi connectivity index (χ3v) is 4.75. The number of aryl methyl sites for hydroxylation is 1. The van der Waals surface area contributed by atoms with Crippen LogP contribution in [0.3, 0.4) is 0 Å². The zero-order valence-electron chi connectivity index (χ0n) is 14.9. The molecule has 3 rings (SSSR count). The molecule has 0 bridgehead atoms. The maximum atomic E-state index is 12.8. The molecule has 1 saturated heterocycles. The Morgan fingerprint density at radius 1 is 1.04 bits per heavy atom. The van der Waals surface area contributed by atoms with E-state index in [0.29, 0.717) is 30.8 Å². The molecule has 2 heterocycles. The summed E-state index contributed by atoms with van der Waals surface area (Å²) >= 11 is 0. The monoisotopic (exact) mass is 353 g/mol. The third kappa shape index (κ3) is 4.08. The molecule has 6 nitrogen and oxygen atoms in total. The molecule has 6 heteroatoms. The number of carboxylic acid groups (broad SMARTS) is 1. The van der Waals surface area contributed by atoms with E-state index in [1.165, 1.54) is 0 Å². The van der Waals surface area contributed by atoms with Crippen LogP contribution < -0.4 is 0 Å². The van der Waals surface area contributed by atoms with E-state index in [-0.39, 0.29) is 5.91 Å². The highest BCUT2D eigenvalue weighted by Gasteiger charge is 2.22. The fraction of sp³-hybridized carbons (Fsp3) is 0.350. The molecule has 0 radical (unpaired) electrons. The van der Waals surface area contributed by atoms with Gasteiger partial charge < -0.3 is 10.0 Å². The highest BCUT2D eigenvalue weighted by Crippen LogP contribution is 2.15. The van der Waals surface area contributed by atoms with E-state index >= 15 is 0 Å². The third-order valence-electron chi connectivity index (χ3n) is 4.75. The van der Waals surface area contributed by atoms with Gasteiger partial charge >= 0.3 is 5.97 Å². The lowest BCUT2D eigenvalue weighted by Crippen LogP contribution is -2.35. The Labute approximate surface area is 153 Å². The summed E-state index contributed by atoms with van der Waals surface area (Å²) in [4.78, 5) is 32.4. The molecule has 2 aromatic rings. The van der Waals surface area contributed by atoms with Gasteiger partial charge in [0.15, 0.2) is 0 Å². The summed E-state index contributed by atoms with van der Waals surface area (Å²) in [5.74, 6) is -0.886. The van der Waals surface area contributed by atoms with Gasteiger partial charge in [0.2, 0.25) is 0 Å². The predicted octanol–water partition coefficient (Wildman–Crippen LogP) is 2.44. The zero-order valence-corrected chi connectivity index (χ0v) is 14.9. The second kappa shape index (κ2) is 8.10. The average molecular weight is 353 g/mol. The van der Waals surface area contributed by atoms with Gasteiger partial charge in [-0.15, -0.1) is 0 Å². The zero-order chi connectivity index (χ0) is 18.5. The topological polar surface area (TPSA) is 73.7 Å². The van der Waals surface area contributed by atoms with Gasteiger partial charge in [-0.1, -0.05) is 18.2 Å². The van der Waals surface area contributed by atoms with Crippen molar-refractivity contribution in [2.45, 2.75) is 19.9 Å². The van der Waals surface area contributed by atoms with E-state index in [1.807, 2.05) is 30.0 Å². The van der Waals surface area contributed by atoms with Crippen LogP contribution >= 0.6 is 0 Å². The van der Waals surface area contributed by atoms with Crippen LogP contribution in [0.25, 0.3) is 0 Å². The van der Waals surface area contributed by atoms with Gasteiger partial charge in [-0.3, -0.25) is 14.7 Å². The van der Waals surface area contributed by atoms with Crippen LogP contribution in [0.1, 0.15) is 38.4 Å². The van der Waals surface area contributed by atoms with Gasteiger partial charge in [-0.25, -0.2) is 4.79 Å². The molecular weight excluding hydrogens is 330 g/mol.